The first-order valence-corrected chi connectivity index (χ1v) is 7.06. The Labute approximate surface area is 135 Å². The van der Waals surface area contributed by atoms with Crippen molar-refractivity contribution in [3.63, 3.8) is 0 Å². The van der Waals surface area contributed by atoms with Crippen molar-refractivity contribution in [1.29, 1.82) is 0 Å². The van der Waals surface area contributed by atoms with E-state index in [4.69, 9.17) is 13.9 Å². The van der Waals surface area contributed by atoms with E-state index in [1.54, 1.807) is 13.8 Å². The van der Waals surface area contributed by atoms with Crippen molar-refractivity contribution in [3.8, 4) is 5.75 Å². The lowest BCUT2D eigenvalue weighted by Crippen LogP contribution is -2.19. The van der Waals surface area contributed by atoms with Crippen molar-refractivity contribution >= 4 is 11.9 Å². The van der Waals surface area contributed by atoms with Gasteiger partial charge in [-0.3, -0.25) is 4.79 Å². The molecule has 2 heterocycles. The number of carbonyl (C=O) groups is 2. The lowest BCUT2D eigenvalue weighted by molar-refractivity contribution is 0.0467. The van der Waals surface area contributed by atoms with Crippen molar-refractivity contribution in [1.82, 2.24) is 15.0 Å². The van der Waals surface area contributed by atoms with Crippen LogP contribution in [0.3, 0.4) is 0 Å². The van der Waals surface area contributed by atoms with Crippen LogP contribution in [0.5, 0.6) is 5.75 Å². The number of esters is 2. The summed E-state index contributed by atoms with van der Waals surface area (Å²) >= 11 is 0. The number of ether oxygens (including phenoxy) is 2. The molecule has 2 rings (SSSR count). The standard InChI is InChI=1S/C14H15N3O7/c1-3-22-13(20)11-12(14(21)23-4-2)17(16-15-11)6-8-5-9(18)10(19)7-24-8/h5,7,19H,3-4,6H2,1-2H3. The maximum Gasteiger partial charge on any atom is 0.361 e. The van der Waals surface area contributed by atoms with Crippen molar-refractivity contribution < 1.29 is 28.6 Å². The van der Waals surface area contributed by atoms with E-state index in [0.717, 1.165) is 17.0 Å². The summed E-state index contributed by atoms with van der Waals surface area (Å²) in [7, 11) is 0. The first kappa shape index (κ1) is 17.2. The van der Waals surface area contributed by atoms with Crippen LogP contribution in [0, 0.1) is 0 Å². The van der Waals surface area contributed by atoms with E-state index < -0.39 is 23.1 Å². The topological polar surface area (TPSA) is 134 Å². The van der Waals surface area contributed by atoms with Gasteiger partial charge in [0.2, 0.25) is 11.1 Å². The van der Waals surface area contributed by atoms with Crippen LogP contribution in [0.4, 0.5) is 0 Å². The third-order valence-corrected chi connectivity index (χ3v) is 2.84. The average molecular weight is 337 g/mol. The van der Waals surface area contributed by atoms with Crippen LogP contribution >= 0.6 is 0 Å². The maximum atomic E-state index is 12.1. The molecule has 24 heavy (non-hydrogen) atoms. The van der Waals surface area contributed by atoms with Crippen LogP contribution in [0.1, 0.15) is 40.6 Å². The Morgan fingerprint density at radius 1 is 1.25 bits per heavy atom. The maximum absolute atomic E-state index is 12.1. The zero-order valence-electron chi connectivity index (χ0n) is 13.0. The molecule has 0 amide bonds. The normalized spacial score (nSPS) is 10.4. The van der Waals surface area contributed by atoms with Crippen LogP contribution in [0.15, 0.2) is 21.5 Å². The first-order chi connectivity index (χ1) is 11.5. The van der Waals surface area contributed by atoms with Crippen LogP contribution in [0.2, 0.25) is 0 Å². The van der Waals surface area contributed by atoms with Gasteiger partial charge in [0.05, 0.1) is 13.2 Å². The SMILES string of the molecule is CCOC(=O)c1nnn(Cc2cc(=O)c(O)co2)c1C(=O)OCC. The summed E-state index contributed by atoms with van der Waals surface area (Å²) in [4.78, 5) is 35.4. The molecule has 128 valence electrons. The highest BCUT2D eigenvalue weighted by molar-refractivity contribution is 6.00. The van der Waals surface area contributed by atoms with Gasteiger partial charge in [-0.25, -0.2) is 14.3 Å². The molecule has 0 spiro atoms. The molecule has 1 N–H and O–H groups in total. The van der Waals surface area contributed by atoms with E-state index in [0.29, 0.717) is 0 Å². The highest BCUT2D eigenvalue weighted by Gasteiger charge is 2.28. The fourth-order valence-electron chi connectivity index (χ4n) is 1.84. The van der Waals surface area contributed by atoms with Gasteiger partial charge < -0.3 is 19.0 Å². The molecule has 2 aromatic heterocycles. The summed E-state index contributed by atoms with van der Waals surface area (Å²) in [5.74, 6) is -2.08. The van der Waals surface area contributed by atoms with Crippen LogP contribution in [-0.4, -0.2) is 45.3 Å². The van der Waals surface area contributed by atoms with Crippen LogP contribution < -0.4 is 5.43 Å². The summed E-state index contributed by atoms with van der Waals surface area (Å²) < 4.78 is 15.8. The molecule has 0 saturated heterocycles. The summed E-state index contributed by atoms with van der Waals surface area (Å²) in [5.41, 5.74) is -1.16. The molecule has 0 aliphatic rings. The van der Waals surface area contributed by atoms with E-state index in [1.807, 2.05) is 0 Å². The quantitative estimate of drug-likeness (QED) is 0.740. The van der Waals surface area contributed by atoms with Crippen molar-refractivity contribution in [2.24, 2.45) is 0 Å². The van der Waals surface area contributed by atoms with Crippen molar-refractivity contribution in [2.45, 2.75) is 20.4 Å². The number of aromatic nitrogens is 3. The molecule has 0 aliphatic carbocycles. The van der Waals surface area contributed by atoms with E-state index in [1.165, 1.54) is 0 Å². The summed E-state index contributed by atoms with van der Waals surface area (Å²) in [6.07, 6.45) is 0.866. The van der Waals surface area contributed by atoms with Crippen molar-refractivity contribution in [3.05, 3.63) is 39.7 Å². The number of nitrogens with zero attached hydrogens (tertiary/aromatic N) is 3. The second kappa shape index (κ2) is 7.40. The minimum atomic E-state index is -0.820. The number of hydrogen-bond donors (Lipinski definition) is 1. The predicted octanol–water partition coefficient (Wildman–Crippen LogP) is 0.339. The molecule has 0 fully saturated rings. The lowest BCUT2D eigenvalue weighted by atomic mass is 10.3. The molecular formula is C14H15N3O7. The number of rotatable bonds is 6. The second-order valence-electron chi connectivity index (χ2n) is 4.48. The third kappa shape index (κ3) is 3.59. The first-order valence-electron chi connectivity index (χ1n) is 7.06. The van der Waals surface area contributed by atoms with E-state index >= 15 is 0 Å². The van der Waals surface area contributed by atoms with Gasteiger partial charge in [-0.15, -0.1) is 5.10 Å². The molecule has 0 aliphatic heterocycles. The van der Waals surface area contributed by atoms with Crippen LogP contribution in [0.25, 0.3) is 0 Å². The van der Waals surface area contributed by atoms with Gasteiger partial charge in [0.25, 0.3) is 0 Å². The molecule has 0 aromatic carbocycles. The van der Waals surface area contributed by atoms with E-state index in [9.17, 15) is 19.5 Å². The van der Waals surface area contributed by atoms with Crippen molar-refractivity contribution in [2.75, 3.05) is 13.2 Å². The van der Waals surface area contributed by atoms with Gasteiger partial charge in [0, 0.05) is 6.07 Å². The minimum absolute atomic E-state index is 0.0839. The average Bonchev–Trinajstić information content (AvgIpc) is 2.95. The largest absolute Gasteiger partial charge is 0.502 e. The zero-order valence-corrected chi connectivity index (χ0v) is 13.0. The molecular weight excluding hydrogens is 322 g/mol. The zero-order chi connectivity index (χ0) is 17.7. The lowest BCUT2D eigenvalue weighted by Gasteiger charge is -2.07. The van der Waals surface area contributed by atoms with Gasteiger partial charge in [0.1, 0.15) is 18.6 Å². The molecule has 0 unspecified atom stereocenters. The van der Waals surface area contributed by atoms with Crippen LogP contribution in [-0.2, 0) is 16.0 Å². The van der Waals surface area contributed by atoms with Gasteiger partial charge >= 0.3 is 11.9 Å². The van der Waals surface area contributed by atoms with Gasteiger partial charge in [0.15, 0.2) is 11.4 Å². The monoisotopic (exact) mass is 337 g/mol. The second-order valence-corrected chi connectivity index (χ2v) is 4.48. The summed E-state index contributed by atoms with van der Waals surface area (Å²) in [6.45, 7) is 3.23. The molecule has 0 bridgehead atoms. The van der Waals surface area contributed by atoms with E-state index in [-0.39, 0.29) is 36.9 Å². The molecule has 10 heteroatoms. The fourth-order valence-corrected chi connectivity index (χ4v) is 1.84. The predicted molar refractivity (Wildman–Crippen MR) is 77.7 cm³/mol. The van der Waals surface area contributed by atoms with E-state index in [2.05, 4.69) is 10.3 Å². The number of hydrogen-bond acceptors (Lipinski definition) is 9. The Kier molecular flexibility index (Phi) is 5.30. The van der Waals surface area contributed by atoms with Gasteiger partial charge in [-0.1, -0.05) is 5.21 Å². The molecule has 10 nitrogen and oxygen atoms in total. The molecule has 0 radical (unpaired) electrons. The Morgan fingerprint density at radius 2 is 1.92 bits per heavy atom. The molecule has 0 atom stereocenters. The Bertz CT molecular complexity index is 809. The Morgan fingerprint density at radius 3 is 2.54 bits per heavy atom. The Balaban J connectivity index is 2.41. The smallest absolute Gasteiger partial charge is 0.361 e. The number of carbonyl (C=O) groups excluding carboxylic acids is 2. The Hall–Kier alpha value is -3.17. The highest BCUT2D eigenvalue weighted by atomic mass is 16.5. The minimum Gasteiger partial charge on any atom is -0.502 e. The molecule has 0 saturated carbocycles. The number of aromatic hydroxyl groups is 1. The third-order valence-electron chi connectivity index (χ3n) is 2.84. The van der Waals surface area contributed by atoms with Gasteiger partial charge in [-0.05, 0) is 13.8 Å². The van der Waals surface area contributed by atoms with Gasteiger partial charge in [-0.2, -0.15) is 0 Å². The summed E-state index contributed by atoms with van der Waals surface area (Å²) in [6, 6.07) is 1.04. The fraction of sp³-hybridized carbons (Fsp3) is 0.357. The summed E-state index contributed by atoms with van der Waals surface area (Å²) in [5, 5.41) is 16.5. The molecule has 2 aromatic rings. The highest BCUT2D eigenvalue weighted by Crippen LogP contribution is 2.12.